The quantitative estimate of drug-likeness (QED) is 0.247. The van der Waals surface area contributed by atoms with Crippen LogP contribution in [0, 0.1) is 0 Å². The van der Waals surface area contributed by atoms with E-state index in [4.69, 9.17) is 4.42 Å². The Kier molecular flexibility index (Phi) is 6.48. The van der Waals surface area contributed by atoms with E-state index in [0.29, 0.717) is 17.1 Å². The molecule has 0 bridgehead atoms. The van der Waals surface area contributed by atoms with E-state index in [1.165, 1.54) is 18.2 Å². The van der Waals surface area contributed by atoms with Crippen molar-refractivity contribution in [3.05, 3.63) is 114 Å². The number of carbonyl (C=O) groups is 1. The highest BCUT2D eigenvalue weighted by molar-refractivity contribution is 7.99. The first kappa shape index (κ1) is 23.4. The highest BCUT2D eigenvalue weighted by Gasteiger charge is 2.14. The smallest absolute Gasteiger partial charge is 0.256 e. The van der Waals surface area contributed by atoms with Gasteiger partial charge in [-0.1, -0.05) is 36.0 Å². The van der Waals surface area contributed by atoms with Gasteiger partial charge in [0.2, 0.25) is 12.3 Å². The second-order valence-electron chi connectivity index (χ2n) is 8.28. The van der Waals surface area contributed by atoms with E-state index in [1.807, 2.05) is 91.0 Å². The zero-order valence-corrected chi connectivity index (χ0v) is 20.7. The Bertz CT molecular complexity index is 1750. The van der Waals surface area contributed by atoms with Gasteiger partial charge in [-0.2, -0.15) is 5.10 Å². The van der Waals surface area contributed by atoms with Gasteiger partial charge in [0.15, 0.2) is 0 Å². The van der Waals surface area contributed by atoms with Gasteiger partial charge in [0, 0.05) is 32.6 Å². The molecule has 8 nitrogen and oxygen atoms in total. The Morgan fingerprint density at radius 1 is 0.947 bits per heavy atom. The van der Waals surface area contributed by atoms with Crippen LogP contribution in [0.5, 0.6) is 0 Å². The second kappa shape index (κ2) is 10.5. The summed E-state index contributed by atoms with van der Waals surface area (Å²) in [5, 5.41) is 19.2. The minimum atomic E-state index is -0.208. The summed E-state index contributed by atoms with van der Waals surface area (Å²) in [6.45, 7) is 0. The molecule has 0 aliphatic carbocycles. The number of H-pyrrole nitrogens is 1. The van der Waals surface area contributed by atoms with E-state index < -0.39 is 0 Å². The number of pyridine rings is 1. The summed E-state index contributed by atoms with van der Waals surface area (Å²) in [5.41, 5.74) is 4.55. The van der Waals surface area contributed by atoms with Crippen LogP contribution in [0.15, 0.2) is 112 Å². The molecule has 0 aliphatic rings. The molecule has 2 N–H and O–H groups in total. The number of hydrogen-bond acceptors (Lipinski definition) is 7. The molecule has 1 amide bonds. The lowest BCUT2D eigenvalue weighted by molar-refractivity contribution is 0.102. The minimum absolute atomic E-state index is 0.208. The topological polar surface area (TPSA) is 110 Å². The molecule has 0 radical (unpaired) electrons. The zero-order chi connectivity index (χ0) is 25.7. The number of rotatable bonds is 7. The number of benzene rings is 3. The number of nitrogens with one attached hydrogen (secondary N) is 2. The third-order valence-corrected chi connectivity index (χ3v) is 6.82. The van der Waals surface area contributed by atoms with Crippen molar-refractivity contribution in [2.24, 2.45) is 0 Å². The standard InChI is InChI=1S/C29H20N6O2S/c36-28(32-21-8-5-6-19(16-21)29-35-31-18-37-29)24-9-1-2-10-27(24)38-22-12-13-23-25(33-34-26(23)17-22)14-11-20-7-3-4-15-30-20/h1-18H,(H,32,36)(H,33,34)/b14-11+. The summed E-state index contributed by atoms with van der Waals surface area (Å²) in [6.07, 6.45) is 6.91. The van der Waals surface area contributed by atoms with E-state index in [-0.39, 0.29) is 5.91 Å². The monoisotopic (exact) mass is 516 g/mol. The Balaban J connectivity index is 1.21. The normalized spacial score (nSPS) is 11.3. The predicted octanol–water partition coefficient (Wildman–Crippen LogP) is 6.58. The number of aromatic amines is 1. The Morgan fingerprint density at radius 3 is 2.74 bits per heavy atom. The number of nitrogens with zero attached hydrogens (tertiary/aromatic N) is 4. The lowest BCUT2D eigenvalue weighted by Gasteiger charge is -2.10. The first-order chi connectivity index (χ1) is 18.7. The fourth-order valence-electron chi connectivity index (χ4n) is 3.95. The van der Waals surface area contributed by atoms with Crippen molar-refractivity contribution in [1.82, 2.24) is 25.4 Å². The third-order valence-electron chi connectivity index (χ3n) is 5.75. The van der Waals surface area contributed by atoms with Crippen LogP contribution in [0.1, 0.15) is 21.7 Å². The molecular formula is C29H20N6O2S. The molecule has 0 spiro atoms. The lowest BCUT2D eigenvalue weighted by Crippen LogP contribution is -2.13. The van der Waals surface area contributed by atoms with Crippen LogP contribution >= 0.6 is 11.8 Å². The number of amides is 1. The fourth-order valence-corrected chi connectivity index (χ4v) is 4.93. The molecule has 6 rings (SSSR count). The molecule has 0 fully saturated rings. The van der Waals surface area contributed by atoms with Gasteiger partial charge < -0.3 is 9.73 Å². The van der Waals surface area contributed by atoms with Crippen molar-refractivity contribution in [1.29, 1.82) is 0 Å². The molecule has 3 aromatic carbocycles. The van der Waals surface area contributed by atoms with Crippen LogP contribution in [0.25, 0.3) is 34.5 Å². The van der Waals surface area contributed by atoms with Gasteiger partial charge in [-0.15, -0.1) is 10.2 Å². The van der Waals surface area contributed by atoms with Crippen molar-refractivity contribution in [3.8, 4) is 11.5 Å². The lowest BCUT2D eigenvalue weighted by atomic mass is 10.1. The summed E-state index contributed by atoms with van der Waals surface area (Å²) in [6, 6.07) is 26.7. The van der Waals surface area contributed by atoms with Crippen LogP contribution in [0.3, 0.4) is 0 Å². The number of anilines is 1. The SMILES string of the molecule is O=C(Nc1cccc(-c2nnco2)c1)c1ccccc1Sc1ccc2c(/C=C/c3ccccn3)n[nH]c2c1. The molecule has 0 unspecified atom stereocenters. The molecule has 9 heteroatoms. The maximum absolute atomic E-state index is 13.2. The summed E-state index contributed by atoms with van der Waals surface area (Å²) in [4.78, 5) is 19.4. The van der Waals surface area contributed by atoms with Crippen molar-refractivity contribution in [2.75, 3.05) is 5.32 Å². The number of hydrogen-bond donors (Lipinski definition) is 2. The molecule has 38 heavy (non-hydrogen) atoms. The molecule has 3 heterocycles. The Labute approximate surface area is 221 Å². The molecular weight excluding hydrogens is 496 g/mol. The summed E-state index contributed by atoms with van der Waals surface area (Å²) in [5.74, 6) is 0.182. The van der Waals surface area contributed by atoms with Crippen LogP contribution in [0.4, 0.5) is 5.69 Å². The van der Waals surface area contributed by atoms with Gasteiger partial charge in [0.1, 0.15) is 0 Å². The molecule has 3 aromatic heterocycles. The largest absolute Gasteiger partial charge is 0.423 e. The van der Waals surface area contributed by atoms with Gasteiger partial charge in [-0.3, -0.25) is 14.9 Å². The molecule has 0 aliphatic heterocycles. The molecule has 6 aromatic rings. The van der Waals surface area contributed by atoms with Crippen LogP contribution in [0.2, 0.25) is 0 Å². The van der Waals surface area contributed by atoms with Gasteiger partial charge in [0.05, 0.1) is 22.5 Å². The van der Waals surface area contributed by atoms with Crippen LogP contribution < -0.4 is 5.32 Å². The predicted molar refractivity (Wildman–Crippen MR) is 148 cm³/mol. The summed E-state index contributed by atoms with van der Waals surface area (Å²) >= 11 is 1.52. The van der Waals surface area contributed by atoms with E-state index in [9.17, 15) is 4.79 Å². The van der Waals surface area contributed by atoms with Crippen molar-refractivity contribution >= 4 is 46.4 Å². The summed E-state index contributed by atoms with van der Waals surface area (Å²) < 4.78 is 5.26. The second-order valence-corrected chi connectivity index (χ2v) is 9.40. The van der Waals surface area contributed by atoms with E-state index in [2.05, 4.69) is 30.7 Å². The van der Waals surface area contributed by atoms with Crippen LogP contribution in [-0.2, 0) is 0 Å². The number of fused-ring (bicyclic) bond motifs is 1. The first-order valence-corrected chi connectivity index (χ1v) is 12.6. The maximum atomic E-state index is 13.2. The van der Waals surface area contributed by atoms with E-state index >= 15 is 0 Å². The Hall–Kier alpha value is -5.02. The van der Waals surface area contributed by atoms with Gasteiger partial charge in [-0.05, 0) is 72.8 Å². The molecule has 184 valence electrons. The number of carbonyl (C=O) groups excluding carboxylic acids is 1. The van der Waals surface area contributed by atoms with E-state index in [0.717, 1.165) is 37.6 Å². The van der Waals surface area contributed by atoms with Crippen molar-refractivity contribution in [3.63, 3.8) is 0 Å². The van der Waals surface area contributed by atoms with Crippen molar-refractivity contribution < 1.29 is 9.21 Å². The third kappa shape index (κ3) is 5.09. The first-order valence-electron chi connectivity index (χ1n) is 11.7. The molecule has 0 saturated carbocycles. The maximum Gasteiger partial charge on any atom is 0.256 e. The average molecular weight is 517 g/mol. The van der Waals surface area contributed by atoms with Crippen molar-refractivity contribution in [2.45, 2.75) is 9.79 Å². The fraction of sp³-hybridized carbons (Fsp3) is 0. The minimum Gasteiger partial charge on any atom is -0.423 e. The Morgan fingerprint density at radius 2 is 1.87 bits per heavy atom. The highest BCUT2D eigenvalue weighted by atomic mass is 32.2. The number of aromatic nitrogens is 5. The molecule has 0 atom stereocenters. The molecule has 0 saturated heterocycles. The van der Waals surface area contributed by atoms with Gasteiger partial charge in [0.25, 0.3) is 5.91 Å². The van der Waals surface area contributed by atoms with E-state index in [1.54, 1.807) is 12.3 Å². The zero-order valence-electron chi connectivity index (χ0n) is 19.9. The average Bonchev–Trinajstić information content (AvgIpc) is 3.63. The summed E-state index contributed by atoms with van der Waals surface area (Å²) in [7, 11) is 0. The van der Waals surface area contributed by atoms with Gasteiger partial charge in [-0.25, -0.2) is 0 Å². The van der Waals surface area contributed by atoms with Crippen LogP contribution in [-0.4, -0.2) is 31.3 Å². The highest BCUT2D eigenvalue weighted by Crippen LogP contribution is 2.33. The van der Waals surface area contributed by atoms with Gasteiger partial charge >= 0.3 is 0 Å².